The van der Waals surface area contributed by atoms with Crippen LogP contribution in [0.1, 0.15) is 98.8 Å². The number of hydrogen-bond acceptors (Lipinski definition) is 6. The Morgan fingerprint density at radius 1 is 0.559 bits per heavy atom. The van der Waals surface area contributed by atoms with E-state index in [4.69, 9.17) is 19.2 Å². The number of ether oxygens (including phenoxy) is 2. The van der Waals surface area contributed by atoms with Gasteiger partial charge in [-0.1, -0.05) is 89.5 Å². The lowest BCUT2D eigenvalue weighted by Crippen LogP contribution is -2.14. The molecule has 0 saturated heterocycles. The summed E-state index contributed by atoms with van der Waals surface area (Å²) in [6.45, 7) is 5.37. The number of carbonyl (C=O) groups is 2. The van der Waals surface area contributed by atoms with Crippen molar-refractivity contribution in [3.63, 3.8) is 0 Å². The lowest BCUT2D eigenvalue weighted by atomic mass is 10.1. The first-order valence-electron chi connectivity index (χ1n) is 12.5. The minimum absolute atomic E-state index is 0.209. The van der Waals surface area contributed by atoms with E-state index in [-0.39, 0.29) is 11.1 Å². The smallest absolute Gasteiger partial charge is 0.390 e. The van der Waals surface area contributed by atoms with Crippen LogP contribution in [-0.4, -0.2) is 25.2 Å². The number of unbranched alkanes of at least 4 members (excludes halogenated alkanes) is 8. The molecular weight excluding hydrogens is 432 g/mol. The van der Waals surface area contributed by atoms with E-state index in [1.165, 1.54) is 38.5 Å². The molecule has 0 N–H and O–H groups in total. The largest absolute Gasteiger partial charge is 0.493 e. The van der Waals surface area contributed by atoms with Crippen LogP contribution in [0.15, 0.2) is 48.5 Å². The summed E-state index contributed by atoms with van der Waals surface area (Å²) in [5.41, 5.74) is 0.418. The zero-order chi connectivity index (χ0) is 24.4. The second-order valence-corrected chi connectivity index (χ2v) is 8.26. The minimum atomic E-state index is -0.788. The first-order valence-corrected chi connectivity index (χ1v) is 12.5. The molecule has 0 fully saturated rings. The molecule has 6 heteroatoms. The summed E-state index contributed by atoms with van der Waals surface area (Å²) in [7, 11) is 0. The molecule has 0 atom stereocenters. The normalized spacial score (nSPS) is 10.5. The van der Waals surface area contributed by atoms with Crippen LogP contribution in [0.3, 0.4) is 0 Å². The lowest BCUT2D eigenvalue weighted by molar-refractivity contribution is -0.187. The monoisotopic (exact) mass is 470 g/mol. The SMILES string of the molecule is CCCCCCCOc1ccccc1C(=O)OOC(=O)c1ccccc1OCCCCCCC. The number of rotatable bonds is 16. The van der Waals surface area contributed by atoms with Crippen LogP contribution < -0.4 is 9.47 Å². The van der Waals surface area contributed by atoms with E-state index in [1.807, 2.05) is 0 Å². The quantitative estimate of drug-likeness (QED) is 0.145. The van der Waals surface area contributed by atoms with Gasteiger partial charge >= 0.3 is 11.9 Å². The third-order valence-electron chi connectivity index (χ3n) is 5.42. The van der Waals surface area contributed by atoms with Crippen molar-refractivity contribution < 1.29 is 28.8 Å². The second-order valence-electron chi connectivity index (χ2n) is 8.26. The topological polar surface area (TPSA) is 71.1 Å². The Labute approximate surface area is 203 Å². The number of para-hydroxylation sites is 2. The van der Waals surface area contributed by atoms with Crippen molar-refractivity contribution in [3.05, 3.63) is 59.7 Å². The standard InChI is InChI=1S/C28H38O6/c1-3-5-7-9-15-21-31-25-19-13-11-17-23(25)27(29)33-34-28(30)24-18-12-14-20-26(24)32-22-16-10-8-6-4-2/h11-14,17-20H,3-10,15-16,21-22H2,1-2H3. The van der Waals surface area contributed by atoms with Gasteiger partial charge in [0.2, 0.25) is 0 Å². The molecule has 2 rings (SSSR count). The Hall–Kier alpha value is -3.02. The highest BCUT2D eigenvalue weighted by molar-refractivity contribution is 5.95. The van der Waals surface area contributed by atoms with Crippen molar-refractivity contribution in [1.29, 1.82) is 0 Å². The molecule has 34 heavy (non-hydrogen) atoms. The van der Waals surface area contributed by atoms with E-state index in [0.29, 0.717) is 24.7 Å². The number of benzene rings is 2. The Balaban J connectivity index is 1.85. The van der Waals surface area contributed by atoms with Crippen LogP contribution in [0.5, 0.6) is 11.5 Å². The van der Waals surface area contributed by atoms with Gasteiger partial charge in [-0.2, -0.15) is 0 Å². The Morgan fingerprint density at radius 3 is 1.35 bits per heavy atom. The minimum Gasteiger partial charge on any atom is -0.493 e. The van der Waals surface area contributed by atoms with Crippen LogP contribution >= 0.6 is 0 Å². The zero-order valence-corrected chi connectivity index (χ0v) is 20.6. The summed E-state index contributed by atoms with van der Waals surface area (Å²) in [5.74, 6) is -0.759. The first-order chi connectivity index (χ1) is 16.7. The first kappa shape index (κ1) is 27.2. The summed E-state index contributed by atoms with van der Waals surface area (Å²) in [5, 5.41) is 0. The number of carbonyl (C=O) groups excluding carboxylic acids is 2. The van der Waals surface area contributed by atoms with Gasteiger partial charge in [-0.15, -0.1) is 0 Å². The third-order valence-corrected chi connectivity index (χ3v) is 5.42. The van der Waals surface area contributed by atoms with Crippen molar-refractivity contribution in [2.75, 3.05) is 13.2 Å². The third kappa shape index (κ3) is 9.86. The maximum atomic E-state index is 12.5. The van der Waals surface area contributed by atoms with Gasteiger partial charge in [-0.25, -0.2) is 19.4 Å². The summed E-state index contributed by atoms with van der Waals surface area (Å²) >= 11 is 0. The molecule has 0 aliphatic carbocycles. The Bertz CT molecular complexity index is 792. The Morgan fingerprint density at radius 2 is 0.941 bits per heavy atom. The zero-order valence-electron chi connectivity index (χ0n) is 20.6. The molecule has 0 bridgehead atoms. The molecule has 2 aromatic rings. The van der Waals surface area contributed by atoms with Gasteiger partial charge in [0.25, 0.3) is 0 Å². The number of hydrogen-bond donors (Lipinski definition) is 0. The van der Waals surface area contributed by atoms with Crippen molar-refractivity contribution in [2.24, 2.45) is 0 Å². The molecular formula is C28H38O6. The van der Waals surface area contributed by atoms with Gasteiger partial charge in [0, 0.05) is 0 Å². The van der Waals surface area contributed by atoms with Crippen molar-refractivity contribution in [3.8, 4) is 11.5 Å². The molecule has 0 saturated carbocycles. The van der Waals surface area contributed by atoms with Gasteiger partial charge < -0.3 is 9.47 Å². The van der Waals surface area contributed by atoms with Gasteiger partial charge in [-0.3, -0.25) is 0 Å². The summed E-state index contributed by atoms with van der Waals surface area (Å²) in [6.07, 6.45) is 11.1. The fourth-order valence-corrected chi connectivity index (χ4v) is 3.46. The molecule has 0 aliphatic heterocycles. The predicted octanol–water partition coefficient (Wildman–Crippen LogP) is 7.31. The summed E-state index contributed by atoms with van der Waals surface area (Å²) < 4.78 is 11.5. The van der Waals surface area contributed by atoms with Crippen molar-refractivity contribution in [1.82, 2.24) is 0 Å². The van der Waals surface area contributed by atoms with Crippen molar-refractivity contribution in [2.45, 2.75) is 78.1 Å². The van der Waals surface area contributed by atoms with Crippen LogP contribution in [-0.2, 0) is 9.78 Å². The molecule has 0 amide bonds. The molecule has 6 nitrogen and oxygen atoms in total. The van der Waals surface area contributed by atoms with E-state index >= 15 is 0 Å². The average Bonchev–Trinajstić information content (AvgIpc) is 2.87. The molecule has 0 aliphatic rings. The molecule has 2 aromatic carbocycles. The van der Waals surface area contributed by atoms with E-state index < -0.39 is 11.9 Å². The van der Waals surface area contributed by atoms with Crippen LogP contribution in [0.25, 0.3) is 0 Å². The van der Waals surface area contributed by atoms with Crippen LogP contribution in [0.2, 0.25) is 0 Å². The van der Waals surface area contributed by atoms with Crippen LogP contribution in [0, 0.1) is 0 Å². The fraction of sp³-hybridized carbons (Fsp3) is 0.500. The molecule has 0 aromatic heterocycles. The maximum Gasteiger partial charge on any atom is 0.390 e. The van der Waals surface area contributed by atoms with Crippen molar-refractivity contribution >= 4 is 11.9 Å². The van der Waals surface area contributed by atoms with E-state index in [2.05, 4.69) is 13.8 Å². The summed E-state index contributed by atoms with van der Waals surface area (Å²) in [4.78, 5) is 34.8. The highest BCUT2D eigenvalue weighted by Crippen LogP contribution is 2.22. The average molecular weight is 471 g/mol. The highest BCUT2D eigenvalue weighted by Gasteiger charge is 2.20. The maximum absolute atomic E-state index is 12.5. The second kappa shape index (κ2) is 16.6. The predicted molar refractivity (Wildman–Crippen MR) is 132 cm³/mol. The molecule has 0 radical (unpaired) electrons. The van der Waals surface area contributed by atoms with Gasteiger partial charge in [0.15, 0.2) is 0 Å². The van der Waals surface area contributed by atoms with Gasteiger partial charge in [-0.05, 0) is 37.1 Å². The van der Waals surface area contributed by atoms with Gasteiger partial charge in [0.05, 0.1) is 13.2 Å². The highest BCUT2D eigenvalue weighted by atomic mass is 17.2. The van der Waals surface area contributed by atoms with Crippen LogP contribution in [0.4, 0.5) is 0 Å². The summed E-state index contributed by atoms with van der Waals surface area (Å²) in [6, 6.07) is 13.5. The van der Waals surface area contributed by atoms with E-state index in [9.17, 15) is 9.59 Å². The Kier molecular flexibility index (Phi) is 13.3. The molecule has 186 valence electrons. The molecule has 0 unspecified atom stereocenters. The lowest BCUT2D eigenvalue weighted by Gasteiger charge is -2.12. The molecule has 0 spiro atoms. The fourth-order valence-electron chi connectivity index (χ4n) is 3.46. The van der Waals surface area contributed by atoms with E-state index in [1.54, 1.807) is 48.5 Å². The van der Waals surface area contributed by atoms with Gasteiger partial charge in [0.1, 0.15) is 22.6 Å². The van der Waals surface area contributed by atoms with E-state index in [0.717, 1.165) is 25.7 Å². The molecule has 0 heterocycles.